The fourth-order valence-electron chi connectivity index (χ4n) is 6.43. The molecule has 190 valence electrons. The van der Waals surface area contributed by atoms with Gasteiger partial charge in [0.1, 0.15) is 11.1 Å². The van der Waals surface area contributed by atoms with E-state index in [0.717, 1.165) is 41.9 Å². The summed E-state index contributed by atoms with van der Waals surface area (Å²) in [7, 11) is 3.60. The monoisotopic (exact) mass is 519 g/mol. The van der Waals surface area contributed by atoms with E-state index in [1.165, 1.54) is 0 Å². The van der Waals surface area contributed by atoms with Gasteiger partial charge in [0.2, 0.25) is 5.95 Å². The molecule has 4 aromatic heterocycles. The number of benzene rings is 1. The summed E-state index contributed by atoms with van der Waals surface area (Å²) in [5, 5.41) is 17.9. The van der Waals surface area contributed by atoms with Crippen molar-refractivity contribution >= 4 is 39.5 Å². The van der Waals surface area contributed by atoms with Gasteiger partial charge in [0.05, 0.1) is 21.9 Å². The quantitative estimate of drug-likeness (QED) is 0.369. The van der Waals surface area contributed by atoms with Gasteiger partial charge in [-0.2, -0.15) is 15.2 Å². The van der Waals surface area contributed by atoms with Gasteiger partial charge in [-0.3, -0.25) is 19.1 Å². The Kier molecular flexibility index (Phi) is 4.65. The van der Waals surface area contributed by atoms with Crippen molar-refractivity contribution in [2.24, 2.45) is 31.7 Å². The van der Waals surface area contributed by atoms with Gasteiger partial charge < -0.3 is 15.2 Å². The van der Waals surface area contributed by atoms with E-state index in [-0.39, 0.29) is 11.0 Å². The molecule has 7 rings (SSSR count). The fraction of sp³-hybridized carbons (Fsp3) is 0.400. The third-order valence-electron chi connectivity index (χ3n) is 8.33. The molecule has 3 atom stereocenters. The Morgan fingerprint density at radius 1 is 1.30 bits per heavy atom. The number of nitrogens with zero attached hydrogens (tertiary/aromatic N) is 7. The summed E-state index contributed by atoms with van der Waals surface area (Å²) >= 11 is 6.74. The van der Waals surface area contributed by atoms with E-state index in [0.29, 0.717) is 51.6 Å². The van der Waals surface area contributed by atoms with Crippen molar-refractivity contribution in [2.75, 3.05) is 24.5 Å². The molecule has 1 saturated heterocycles. The summed E-state index contributed by atoms with van der Waals surface area (Å²) in [6.07, 6.45) is 2.80. The van der Waals surface area contributed by atoms with Crippen molar-refractivity contribution in [1.29, 1.82) is 0 Å². The molecule has 2 aliphatic rings. The highest BCUT2D eigenvalue weighted by molar-refractivity contribution is 6.38. The van der Waals surface area contributed by atoms with Gasteiger partial charge in [-0.1, -0.05) is 16.8 Å². The van der Waals surface area contributed by atoms with Crippen LogP contribution in [0.5, 0.6) is 0 Å². The van der Waals surface area contributed by atoms with E-state index in [1.54, 1.807) is 16.3 Å². The SMILES string of the molecule is Cc1cc(C2(CN)C3CCN(c4nc5n[nH]c(-c6ccc7nn(C)cc7c6Cl)c5c(=O)n4C)CC32)no1. The number of hydrogen-bond acceptors (Lipinski definition) is 8. The minimum atomic E-state index is -0.184. The molecular formula is C25H26ClN9O2. The molecular weight excluding hydrogens is 494 g/mol. The molecule has 1 aliphatic heterocycles. The van der Waals surface area contributed by atoms with Gasteiger partial charge in [0.15, 0.2) is 5.65 Å². The first-order chi connectivity index (χ1) is 17.8. The summed E-state index contributed by atoms with van der Waals surface area (Å²) in [5.74, 6) is 2.15. The second-order valence-electron chi connectivity index (χ2n) is 10.3. The van der Waals surface area contributed by atoms with Crippen molar-refractivity contribution in [3.63, 3.8) is 0 Å². The normalized spacial score (nSPS) is 23.2. The average molecular weight is 520 g/mol. The Morgan fingerprint density at radius 3 is 2.89 bits per heavy atom. The number of fused-ring (bicyclic) bond motifs is 3. The summed E-state index contributed by atoms with van der Waals surface area (Å²) < 4.78 is 8.68. The number of hydrogen-bond donors (Lipinski definition) is 2. The molecule has 12 heteroatoms. The summed E-state index contributed by atoms with van der Waals surface area (Å²) in [6.45, 7) is 3.92. The number of aromatic amines is 1. The first-order valence-electron chi connectivity index (χ1n) is 12.3. The van der Waals surface area contributed by atoms with E-state index in [9.17, 15) is 4.79 Å². The Morgan fingerprint density at radius 2 is 2.14 bits per heavy atom. The van der Waals surface area contributed by atoms with E-state index in [4.69, 9.17) is 26.8 Å². The molecule has 0 amide bonds. The lowest BCUT2D eigenvalue weighted by molar-refractivity contribution is 0.379. The van der Waals surface area contributed by atoms with Crippen LogP contribution in [0.2, 0.25) is 5.02 Å². The first-order valence-corrected chi connectivity index (χ1v) is 12.7. The van der Waals surface area contributed by atoms with Crippen LogP contribution in [0.15, 0.2) is 33.7 Å². The molecule has 3 unspecified atom stereocenters. The van der Waals surface area contributed by atoms with Crippen LogP contribution in [0.1, 0.15) is 17.9 Å². The van der Waals surface area contributed by atoms with Crippen LogP contribution >= 0.6 is 11.6 Å². The minimum absolute atomic E-state index is 0.179. The summed E-state index contributed by atoms with van der Waals surface area (Å²) in [4.78, 5) is 20.6. The van der Waals surface area contributed by atoms with E-state index >= 15 is 0 Å². The average Bonchev–Trinajstić information content (AvgIpc) is 3.28. The summed E-state index contributed by atoms with van der Waals surface area (Å²) in [5.41, 5.74) is 9.24. The number of H-pyrrole nitrogens is 1. The lowest BCUT2D eigenvalue weighted by atomic mass is 9.97. The zero-order valence-electron chi connectivity index (χ0n) is 20.7. The van der Waals surface area contributed by atoms with Crippen molar-refractivity contribution in [3.05, 3.63) is 51.2 Å². The first kappa shape index (κ1) is 22.5. The van der Waals surface area contributed by atoms with Crippen LogP contribution in [0, 0.1) is 18.8 Å². The van der Waals surface area contributed by atoms with Gasteiger partial charge >= 0.3 is 0 Å². The van der Waals surface area contributed by atoms with Crippen LogP contribution in [0.4, 0.5) is 5.95 Å². The molecule has 2 fully saturated rings. The van der Waals surface area contributed by atoms with Crippen LogP contribution in [0.25, 0.3) is 33.2 Å². The second kappa shape index (κ2) is 7.65. The highest BCUT2D eigenvalue weighted by Gasteiger charge is 2.67. The predicted molar refractivity (Wildman–Crippen MR) is 140 cm³/mol. The molecule has 5 aromatic rings. The van der Waals surface area contributed by atoms with E-state index in [1.807, 2.05) is 38.4 Å². The van der Waals surface area contributed by atoms with E-state index < -0.39 is 0 Å². The molecule has 1 aromatic carbocycles. The number of anilines is 1. The van der Waals surface area contributed by atoms with Crippen LogP contribution in [-0.2, 0) is 19.5 Å². The number of nitrogens with two attached hydrogens (primary N) is 1. The number of piperidine rings is 1. The molecule has 5 heterocycles. The number of rotatable bonds is 4. The highest BCUT2D eigenvalue weighted by atomic mass is 35.5. The van der Waals surface area contributed by atoms with Crippen LogP contribution in [0.3, 0.4) is 0 Å². The summed E-state index contributed by atoms with van der Waals surface area (Å²) in [6, 6.07) is 5.73. The maximum atomic E-state index is 13.7. The standard InChI is InChI=1S/C25H26ClN9O2/c1-12-8-18(32-37-12)25(11-27)15-6-7-35(10-16(15)25)24-28-22-19(23(36)34(24)3)21(29-30-22)13-4-5-17-14(20(13)26)9-33(2)31-17/h4-5,8-9,15-16H,6-7,10-11,27H2,1-3H3,(H,29,30). The zero-order valence-corrected chi connectivity index (χ0v) is 21.5. The number of nitrogens with one attached hydrogen (secondary N) is 1. The Hall–Kier alpha value is -3.70. The van der Waals surface area contributed by atoms with Gasteiger partial charge in [0.25, 0.3) is 5.56 Å². The molecule has 0 bridgehead atoms. The van der Waals surface area contributed by atoms with Gasteiger partial charge in [-0.25, -0.2) is 0 Å². The molecule has 0 spiro atoms. The molecule has 11 nitrogen and oxygen atoms in total. The van der Waals surface area contributed by atoms with Crippen molar-refractivity contribution in [3.8, 4) is 11.3 Å². The van der Waals surface area contributed by atoms with Crippen LogP contribution in [-0.4, -0.2) is 54.3 Å². The predicted octanol–water partition coefficient (Wildman–Crippen LogP) is 2.51. The van der Waals surface area contributed by atoms with Crippen molar-refractivity contribution in [2.45, 2.75) is 18.8 Å². The van der Waals surface area contributed by atoms with Crippen molar-refractivity contribution < 1.29 is 4.52 Å². The maximum Gasteiger partial charge on any atom is 0.266 e. The Labute approximate surface area is 216 Å². The molecule has 1 aliphatic carbocycles. The lowest BCUT2D eigenvalue weighted by Gasteiger charge is -2.28. The largest absolute Gasteiger partial charge is 0.361 e. The zero-order chi connectivity index (χ0) is 25.6. The lowest BCUT2D eigenvalue weighted by Crippen LogP contribution is -2.37. The number of halogens is 1. The maximum absolute atomic E-state index is 13.7. The van der Waals surface area contributed by atoms with Crippen LogP contribution < -0.4 is 16.2 Å². The molecule has 0 radical (unpaired) electrons. The van der Waals surface area contributed by atoms with Crippen molar-refractivity contribution in [1.82, 2.24) is 34.7 Å². The Balaban J connectivity index is 1.27. The molecule has 37 heavy (non-hydrogen) atoms. The highest BCUT2D eigenvalue weighted by Crippen LogP contribution is 2.62. The topological polar surface area (TPSA) is 137 Å². The van der Waals surface area contributed by atoms with Gasteiger partial charge in [-0.15, -0.1) is 0 Å². The Bertz CT molecular complexity index is 1770. The molecule has 3 N–H and O–H groups in total. The van der Waals surface area contributed by atoms with E-state index in [2.05, 4.69) is 25.4 Å². The smallest absolute Gasteiger partial charge is 0.266 e. The second-order valence-corrected chi connectivity index (χ2v) is 10.6. The van der Waals surface area contributed by atoms with Gasteiger partial charge in [-0.05, 0) is 37.3 Å². The third kappa shape index (κ3) is 3.01. The number of aromatic nitrogens is 7. The fourth-order valence-corrected chi connectivity index (χ4v) is 6.73. The third-order valence-corrected chi connectivity index (χ3v) is 8.74. The van der Waals surface area contributed by atoms with Gasteiger partial charge in [0, 0.05) is 62.4 Å². The molecule has 1 saturated carbocycles. The number of aryl methyl sites for hydroxylation is 2. The minimum Gasteiger partial charge on any atom is -0.361 e.